The van der Waals surface area contributed by atoms with Crippen LogP contribution in [0.2, 0.25) is 0 Å². The fourth-order valence-electron chi connectivity index (χ4n) is 7.70. The molecule has 0 saturated heterocycles. The van der Waals surface area contributed by atoms with E-state index in [2.05, 4.69) is 204 Å². The molecule has 0 bridgehead atoms. The van der Waals surface area contributed by atoms with E-state index in [1.54, 1.807) is 0 Å². The third-order valence-electron chi connectivity index (χ3n) is 9.97. The molecule has 0 N–H and O–H groups in total. The zero-order valence-electron chi connectivity index (χ0n) is 27.8. The van der Waals surface area contributed by atoms with Gasteiger partial charge in [0.25, 0.3) is 0 Å². The minimum atomic E-state index is 1.11. The molecule has 2 aromatic heterocycles. The molecule has 0 fully saturated rings. The van der Waals surface area contributed by atoms with Crippen LogP contribution in [0.25, 0.3) is 69.9 Å². The molecule has 0 aliphatic heterocycles. The lowest BCUT2D eigenvalue weighted by Gasteiger charge is -2.27. The van der Waals surface area contributed by atoms with Crippen LogP contribution in [0.3, 0.4) is 0 Å². The summed E-state index contributed by atoms with van der Waals surface area (Å²) in [6.45, 7) is 0. The topological polar surface area (TPSA) is 8.17 Å². The van der Waals surface area contributed by atoms with E-state index in [1.165, 1.54) is 69.9 Å². The van der Waals surface area contributed by atoms with Crippen LogP contribution in [0.4, 0.5) is 17.1 Å². The number of fused-ring (bicyclic) bond motifs is 6. The van der Waals surface area contributed by atoms with Gasteiger partial charge >= 0.3 is 0 Å². The first kappa shape index (κ1) is 29.5. The molecule has 2 nitrogen and oxygen atoms in total. The zero-order chi connectivity index (χ0) is 33.7. The Morgan fingerprint density at radius 2 is 1.06 bits per heavy atom. The first-order valence-electron chi connectivity index (χ1n) is 17.4. The van der Waals surface area contributed by atoms with E-state index < -0.39 is 0 Å². The van der Waals surface area contributed by atoms with Crippen LogP contribution in [0.5, 0.6) is 0 Å². The summed E-state index contributed by atoms with van der Waals surface area (Å²) in [6, 6.07) is 70.3. The molecular formula is C48H32N2S. The molecule has 0 spiro atoms. The lowest BCUT2D eigenvalue weighted by molar-refractivity contribution is 1.18. The minimum absolute atomic E-state index is 1.11. The van der Waals surface area contributed by atoms with Crippen LogP contribution < -0.4 is 4.90 Å². The number of rotatable bonds is 6. The fourth-order valence-corrected chi connectivity index (χ4v) is 8.91. The molecule has 0 aliphatic rings. The summed E-state index contributed by atoms with van der Waals surface area (Å²) in [5.41, 5.74) is 11.8. The number of aromatic nitrogens is 1. The van der Waals surface area contributed by atoms with Crippen LogP contribution in [0, 0.1) is 0 Å². The van der Waals surface area contributed by atoms with E-state index in [4.69, 9.17) is 0 Å². The number of thiophene rings is 1. The Labute approximate surface area is 300 Å². The van der Waals surface area contributed by atoms with Crippen LogP contribution in [0.15, 0.2) is 194 Å². The first-order valence-corrected chi connectivity index (χ1v) is 18.2. The van der Waals surface area contributed by atoms with Gasteiger partial charge < -0.3 is 9.47 Å². The molecule has 0 unspecified atom stereocenters. The normalized spacial score (nSPS) is 11.5. The predicted molar refractivity (Wildman–Crippen MR) is 219 cm³/mol. The van der Waals surface area contributed by atoms with Crippen molar-refractivity contribution in [3.05, 3.63) is 194 Å². The maximum atomic E-state index is 2.45. The summed E-state index contributed by atoms with van der Waals surface area (Å²) in [6.07, 6.45) is 0. The Kier molecular flexibility index (Phi) is 7.04. The van der Waals surface area contributed by atoms with E-state index >= 15 is 0 Å². The van der Waals surface area contributed by atoms with Crippen molar-refractivity contribution < 1.29 is 0 Å². The summed E-state index contributed by atoms with van der Waals surface area (Å²) < 4.78 is 5.00. The predicted octanol–water partition coefficient (Wildman–Crippen LogP) is 14.0. The highest BCUT2D eigenvalue weighted by molar-refractivity contribution is 7.26. The maximum Gasteiger partial charge on any atom is 0.0640 e. The standard InChI is InChI=1S/C48H32N2S/c1-4-15-33(16-5-1)35-19-12-22-37(31-35)49(44-27-14-25-41-40-23-10-11-28-46(40)51-48(41)44)38-29-30-42-45(32-38)50(36-20-8-3-9-21-36)43-26-13-24-39(47(42)43)34-17-6-2-7-18-34/h1-32H. The van der Waals surface area contributed by atoms with Gasteiger partial charge in [-0.2, -0.15) is 0 Å². The third-order valence-corrected chi connectivity index (χ3v) is 11.2. The van der Waals surface area contributed by atoms with Gasteiger partial charge in [-0.1, -0.05) is 140 Å². The van der Waals surface area contributed by atoms with Gasteiger partial charge in [-0.05, 0) is 76.9 Å². The molecule has 10 rings (SSSR count). The van der Waals surface area contributed by atoms with Gasteiger partial charge in [-0.25, -0.2) is 0 Å². The highest BCUT2D eigenvalue weighted by atomic mass is 32.1. The van der Waals surface area contributed by atoms with Crippen molar-refractivity contribution in [3.63, 3.8) is 0 Å². The van der Waals surface area contributed by atoms with Gasteiger partial charge in [0.2, 0.25) is 0 Å². The highest BCUT2D eigenvalue weighted by Crippen LogP contribution is 2.47. The monoisotopic (exact) mass is 668 g/mol. The first-order chi connectivity index (χ1) is 25.3. The average molecular weight is 669 g/mol. The van der Waals surface area contributed by atoms with Crippen LogP contribution in [-0.2, 0) is 0 Å². The summed E-state index contributed by atoms with van der Waals surface area (Å²) in [4.78, 5) is 2.45. The highest BCUT2D eigenvalue weighted by Gasteiger charge is 2.22. The number of benzene rings is 8. The largest absolute Gasteiger partial charge is 0.309 e. The Morgan fingerprint density at radius 3 is 1.88 bits per heavy atom. The lowest BCUT2D eigenvalue weighted by atomic mass is 9.99. The van der Waals surface area contributed by atoms with Crippen molar-refractivity contribution >= 4 is 70.4 Å². The van der Waals surface area contributed by atoms with Crippen molar-refractivity contribution in [2.75, 3.05) is 4.90 Å². The Bertz CT molecular complexity index is 2850. The lowest BCUT2D eigenvalue weighted by Crippen LogP contribution is -2.10. The van der Waals surface area contributed by atoms with Crippen molar-refractivity contribution in [2.45, 2.75) is 0 Å². The van der Waals surface area contributed by atoms with E-state index in [0.29, 0.717) is 0 Å². The second kappa shape index (κ2) is 12.2. The second-order valence-electron chi connectivity index (χ2n) is 12.9. The molecule has 10 aromatic rings. The van der Waals surface area contributed by atoms with Crippen molar-refractivity contribution in [3.8, 4) is 27.9 Å². The number of para-hydroxylation sites is 1. The SMILES string of the molecule is c1ccc(-c2cccc(N(c3ccc4c5c(-c6ccccc6)cccc5n(-c5ccccc5)c4c3)c3cccc4c3sc3ccccc34)c2)cc1. The molecule has 0 atom stereocenters. The number of hydrogen-bond acceptors (Lipinski definition) is 2. The van der Waals surface area contributed by atoms with Crippen LogP contribution >= 0.6 is 11.3 Å². The number of anilines is 3. The number of hydrogen-bond donors (Lipinski definition) is 0. The molecule has 3 heteroatoms. The summed E-state index contributed by atoms with van der Waals surface area (Å²) >= 11 is 1.87. The van der Waals surface area contributed by atoms with Crippen LogP contribution in [0.1, 0.15) is 0 Å². The van der Waals surface area contributed by atoms with Crippen molar-refractivity contribution in [1.29, 1.82) is 0 Å². The van der Waals surface area contributed by atoms with Crippen LogP contribution in [-0.4, -0.2) is 4.57 Å². The Balaban J connectivity index is 1.27. The molecule has 240 valence electrons. The Morgan fingerprint density at radius 1 is 0.412 bits per heavy atom. The smallest absolute Gasteiger partial charge is 0.0640 e. The second-order valence-corrected chi connectivity index (χ2v) is 14.0. The molecule has 0 radical (unpaired) electrons. The van der Waals surface area contributed by atoms with Gasteiger partial charge in [0.1, 0.15) is 0 Å². The minimum Gasteiger partial charge on any atom is -0.309 e. The summed E-state index contributed by atoms with van der Waals surface area (Å²) in [5, 5.41) is 5.07. The van der Waals surface area contributed by atoms with Gasteiger partial charge in [-0.15, -0.1) is 11.3 Å². The van der Waals surface area contributed by atoms with E-state index in [1.807, 2.05) is 11.3 Å². The molecule has 2 heterocycles. The van der Waals surface area contributed by atoms with Gasteiger partial charge in [0.05, 0.1) is 21.4 Å². The summed E-state index contributed by atoms with van der Waals surface area (Å²) in [5.74, 6) is 0. The van der Waals surface area contributed by atoms with Crippen molar-refractivity contribution in [2.24, 2.45) is 0 Å². The van der Waals surface area contributed by atoms with Gasteiger partial charge in [0, 0.05) is 43.3 Å². The molecular weight excluding hydrogens is 637 g/mol. The zero-order valence-corrected chi connectivity index (χ0v) is 28.6. The Hall–Kier alpha value is -6.42. The molecule has 0 aliphatic carbocycles. The maximum absolute atomic E-state index is 2.45. The number of nitrogens with zero attached hydrogens (tertiary/aromatic N) is 2. The summed E-state index contributed by atoms with van der Waals surface area (Å²) in [7, 11) is 0. The third kappa shape index (κ3) is 4.93. The molecule has 0 saturated carbocycles. The molecule has 51 heavy (non-hydrogen) atoms. The van der Waals surface area contributed by atoms with E-state index in [-0.39, 0.29) is 0 Å². The average Bonchev–Trinajstić information content (AvgIpc) is 3.75. The quantitative estimate of drug-likeness (QED) is 0.171. The fraction of sp³-hybridized carbons (Fsp3) is 0. The molecule has 8 aromatic carbocycles. The van der Waals surface area contributed by atoms with E-state index in [9.17, 15) is 0 Å². The van der Waals surface area contributed by atoms with Gasteiger partial charge in [-0.3, -0.25) is 0 Å². The molecule has 0 amide bonds. The van der Waals surface area contributed by atoms with Crippen molar-refractivity contribution in [1.82, 2.24) is 4.57 Å². The van der Waals surface area contributed by atoms with Gasteiger partial charge in [0.15, 0.2) is 0 Å². The van der Waals surface area contributed by atoms with E-state index in [0.717, 1.165) is 17.1 Å².